The Hall–Kier alpha value is -2.21. The van der Waals surface area contributed by atoms with Crippen molar-refractivity contribution in [2.45, 2.75) is 13.0 Å². The molecule has 1 aromatic carbocycles. The molecule has 0 unspecified atom stereocenters. The van der Waals surface area contributed by atoms with Crippen LogP contribution in [0.5, 0.6) is 0 Å². The fourth-order valence-electron chi connectivity index (χ4n) is 1.82. The molecule has 0 atom stereocenters. The summed E-state index contributed by atoms with van der Waals surface area (Å²) in [5, 5.41) is 2.90. The predicted octanol–water partition coefficient (Wildman–Crippen LogP) is 2.19. The van der Waals surface area contributed by atoms with Crippen LogP contribution in [0.15, 0.2) is 30.5 Å². The SMILES string of the molecule is CN(C)c1ccnc(CNC(=O)Cc2c(F)cccc2Cl)n1. The molecular formula is C15H16ClFN4O. The molecule has 2 rings (SSSR count). The zero-order valence-corrected chi connectivity index (χ0v) is 13.1. The fourth-order valence-corrected chi connectivity index (χ4v) is 2.05. The fraction of sp³-hybridized carbons (Fsp3) is 0.267. The average Bonchev–Trinajstić information content (AvgIpc) is 2.49. The van der Waals surface area contributed by atoms with Gasteiger partial charge in [-0.15, -0.1) is 0 Å². The molecule has 1 amide bonds. The van der Waals surface area contributed by atoms with Gasteiger partial charge in [-0.05, 0) is 18.2 Å². The van der Waals surface area contributed by atoms with Gasteiger partial charge in [-0.2, -0.15) is 0 Å². The number of anilines is 1. The number of halogens is 2. The molecule has 0 spiro atoms. The number of benzene rings is 1. The highest BCUT2D eigenvalue weighted by Gasteiger charge is 2.12. The topological polar surface area (TPSA) is 58.1 Å². The van der Waals surface area contributed by atoms with Gasteiger partial charge in [-0.3, -0.25) is 4.79 Å². The molecule has 0 aliphatic carbocycles. The van der Waals surface area contributed by atoms with Crippen LogP contribution in [0.4, 0.5) is 10.2 Å². The van der Waals surface area contributed by atoms with E-state index in [0.29, 0.717) is 5.82 Å². The van der Waals surface area contributed by atoms with Crippen LogP contribution in [0.25, 0.3) is 0 Å². The summed E-state index contributed by atoms with van der Waals surface area (Å²) in [7, 11) is 3.73. The minimum atomic E-state index is -0.492. The first-order valence-electron chi connectivity index (χ1n) is 6.66. The number of hydrogen-bond acceptors (Lipinski definition) is 4. The minimum absolute atomic E-state index is 0.126. The van der Waals surface area contributed by atoms with E-state index in [4.69, 9.17) is 11.6 Å². The van der Waals surface area contributed by atoms with E-state index in [1.165, 1.54) is 12.1 Å². The standard InChI is InChI=1S/C15H16ClFN4O/c1-21(2)14-6-7-18-13(20-14)9-19-15(22)8-10-11(16)4-3-5-12(10)17/h3-7H,8-9H2,1-2H3,(H,19,22). The van der Waals surface area contributed by atoms with Gasteiger partial charge in [0.1, 0.15) is 17.5 Å². The maximum absolute atomic E-state index is 13.6. The molecule has 7 heteroatoms. The van der Waals surface area contributed by atoms with E-state index >= 15 is 0 Å². The first-order chi connectivity index (χ1) is 10.5. The number of hydrogen-bond donors (Lipinski definition) is 1. The Labute approximate surface area is 133 Å². The number of rotatable bonds is 5. The molecule has 1 aromatic heterocycles. The maximum atomic E-state index is 13.6. The molecule has 5 nitrogen and oxygen atoms in total. The molecule has 116 valence electrons. The zero-order chi connectivity index (χ0) is 16.1. The monoisotopic (exact) mass is 322 g/mol. The van der Waals surface area contributed by atoms with Crippen LogP contribution in [0, 0.1) is 5.82 Å². The van der Waals surface area contributed by atoms with Gasteiger partial charge in [0.25, 0.3) is 0 Å². The number of nitrogens with one attached hydrogen (secondary N) is 1. The molecule has 22 heavy (non-hydrogen) atoms. The molecule has 0 saturated carbocycles. The molecule has 1 heterocycles. The lowest BCUT2D eigenvalue weighted by Crippen LogP contribution is -2.26. The number of nitrogens with zero attached hydrogens (tertiary/aromatic N) is 3. The summed E-state index contributed by atoms with van der Waals surface area (Å²) in [5.41, 5.74) is 0.185. The lowest BCUT2D eigenvalue weighted by atomic mass is 10.1. The van der Waals surface area contributed by atoms with Crippen molar-refractivity contribution in [2.75, 3.05) is 19.0 Å². The summed E-state index contributed by atoms with van der Waals surface area (Å²) in [4.78, 5) is 22.1. The van der Waals surface area contributed by atoms with Gasteiger partial charge >= 0.3 is 0 Å². The van der Waals surface area contributed by atoms with Crippen LogP contribution in [-0.2, 0) is 17.8 Å². The van der Waals surface area contributed by atoms with E-state index in [2.05, 4.69) is 15.3 Å². The molecule has 0 aliphatic heterocycles. The van der Waals surface area contributed by atoms with Crippen LogP contribution in [0.2, 0.25) is 5.02 Å². The maximum Gasteiger partial charge on any atom is 0.224 e. The number of amides is 1. The highest BCUT2D eigenvalue weighted by molar-refractivity contribution is 6.31. The largest absolute Gasteiger partial charge is 0.363 e. The second-order valence-corrected chi connectivity index (χ2v) is 5.29. The summed E-state index contributed by atoms with van der Waals surface area (Å²) in [6.45, 7) is 0.173. The van der Waals surface area contributed by atoms with Crippen molar-refractivity contribution in [3.8, 4) is 0 Å². The van der Waals surface area contributed by atoms with Gasteiger partial charge in [-0.1, -0.05) is 17.7 Å². The highest BCUT2D eigenvalue weighted by Crippen LogP contribution is 2.19. The van der Waals surface area contributed by atoms with Gasteiger partial charge < -0.3 is 10.2 Å². The van der Waals surface area contributed by atoms with Gasteiger partial charge in [-0.25, -0.2) is 14.4 Å². The van der Waals surface area contributed by atoms with Gasteiger partial charge in [0, 0.05) is 30.9 Å². The average molecular weight is 323 g/mol. The van der Waals surface area contributed by atoms with Gasteiger partial charge in [0.15, 0.2) is 0 Å². The number of carbonyl (C=O) groups excluding carboxylic acids is 1. The van der Waals surface area contributed by atoms with Crippen molar-refractivity contribution >= 4 is 23.3 Å². The van der Waals surface area contributed by atoms with Crippen molar-refractivity contribution in [2.24, 2.45) is 0 Å². The lowest BCUT2D eigenvalue weighted by molar-refractivity contribution is -0.120. The number of aromatic nitrogens is 2. The second-order valence-electron chi connectivity index (χ2n) is 4.88. The summed E-state index contributed by atoms with van der Waals surface area (Å²) in [6, 6.07) is 6.10. The van der Waals surface area contributed by atoms with Gasteiger partial charge in [0.05, 0.1) is 13.0 Å². The minimum Gasteiger partial charge on any atom is -0.363 e. The van der Waals surface area contributed by atoms with Crippen LogP contribution in [-0.4, -0.2) is 30.0 Å². The second kappa shape index (κ2) is 7.17. The Morgan fingerprint density at radius 3 is 2.82 bits per heavy atom. The van der Waals surface area contributed by atoms with Crippen LogP contribution >= 0.6 is 11.6 Å². The van der Waals surface area contributed by atoms with Crippen molar-refractivity contribution in [1.29, 1.82) is 0 Å². The van der Waals surface area contributed by atoms with Crippen molar-refractivity contribution in [3.63, 3.8) is 0 Å². The Balaban J connectivity index is 1.97. The van der Waals surface area contributed by atoms with Crippen molar-refractivity contribution in [3.05, 3.63) is 52.7 Å². The summed E-state index contributed by atoms with van der Waals surface area (Å²) < 4.78 is 13.6. The summed E-state index contributed by atoms with van der Waals surface area (Å²) in [6.07, 6.45) is 1.50. The van der Waals surface area contributed by atoms with E-state index in [1.807, 2.05) is 19.0 Å². The molecule has 2 aromatic rings. The first kappa shape index (κ1) is 16.2. The molecule has 1 N–H and O–H groups in total. The van der Waals surface area contributed by atoms with Crippen LogP contribution < -0.4 is 10.2 Å². The third kappa shape index (κ3) is 4.14. The quantitative estimate of drug-likeness (QED) is 0.917. The van der Waals surface area contributed by atoms with Crippen LogP contribution in [0.3, 0.4) is 0 Å². The smallest absolute Gasteiger partial charge is 0.224 e. The molecule has 0 bridgehead atoms. The normalized spacial score (nSPS) is 10.4. The van der Waals surface area contributed by atoms with E-state index in [1.54, 1.807) is 18.3 Å². The molecular weight excluding hydrogens is 307 g/mol. The summed E-state index contributed by atoms with van der Waals surface area (Å²) in [5.74, 6) is 0.398. The number of carbonyl (C=O) groups is 1. The van der Waals surface area contributed by atoms with Crippen molar-refractivity contribution in [1.82, 2.24) is 15.3 Å². The first-order valence-corrected chi connectivity index (χ1v) is 7.04. The van der Waals surface area contributed by atoms with E-state index in [9.17, 15) is 9.18 Å². The van der Waals surface area contributed by atoms with E-state index in [-0.39, 0.29) is 29.5 Å². The highest BCUT2D eigenvalue weighted by atomic mass is 35.5. The zero-order valence-electron chi connectivity index (χ0n) is 12.3. The Kier molecular flexibility index (Phi) is 5.27. The Bertz CT molecular complexity index is 658. The molecule has 0 saturated heterocycles. The summed E-state index contributed by atoms with van der Waals surface area (Å²) >= 11 is 5.90. The van der Waals surface area contributed by atoms with Crippen molar-refractivity contribution < 1.29 is 9.18 Å². The molecule has 0 radical (unpaired) electrons. The van der Waals surface area contributed by atoms with Crippen LogP contribution in [0.1, 0.15) is 11.4 Å². The lowest BCUT2D eigenvalue weighted by Gasteiger charge is -2.12. The van der Waals surface area contributed by atoms with E-state index in [0.717, 1.165) is 5.82 Å². The third-order valence-corrected chi connectivity index (χ3v) is 3.35. The molecule has 0 fully saturated rings. The Morgan fingerprint density at radius 1 is 1.36 bits per heavy atom. The Morgan fingerprint density at radius 2 is 2.14 bits per heavy atom. The van der Waals surface area contributed by atoms with Gasteiger partial charge in [0.2, 0.25) is 5.91 Å². The molecule has 0 aliphatic rings. The van der Waals surface area contributed by atoms with E-state index < -0.39 is 5.82 Å². The predicted molar refractivity (Wildman–Crippen MR) is 83.3 cm³/mol. The third-order valence-electron chi connectivity index (χ3n) is 2.99.